The zero-order valence-electron chi connectivity index (χ0n) is 10.1. The van der Waals surface area contributed by atoms with Gasteiger partial charge in [0.05, 0.1) is 0 Å². The SMILES string of the molecule is CCc1ccccc1NCc1ccc(N)cc1. The second-order valence-electron chi connectivity index (χ2n) is 4.11. The number of hydrogen-bond donors (Lipinski definition) is 2. The highest BCUT2D eigenvalue weighted by atomic mass is 14.9. The van der Waals surface area contributed by atoms with Crippen molar-refractivity contribution in [1.82, 2.24) is 0 Å². The molecule has 2 nitrogen and oxygen atoms in total. The molecule has 0 atom stereocenters. The molecule has 0 spiro atoms. The van der Waals surface area contributed by atoms with Crippen molar-refractivity contribution < 1.29 is 0 Å². The molecular formula is C15H18N2. The van der Waals surface area contributed by atoms with Crippen LogP contribution in [0.3, 0.4) is 0 Å². The van der Waals surface area contributed by atoms with Crippen molar-refractivity contribution in [3.63, 3.8) is 0 Å². The minimum absolute atomic E-state index is 0.808. The first-order valence-electron chi connectivity index (χ1n) is 5.96. The van der Waals surface area contributed by atoms with Gasteiger partial charge in [-0.05, 0) is 35.7 Å². The summed E-state index contributed by atoms with van der Waals surface area (Å²) in [6, 6.07) is 16.4. The average Bonchev–Trinajstić information content (AvgIpc) is 2.38. The molecule has 0 aliphatic carbocycles. The molecule has 0 aliphatic heterocycles. The van der Waals surface area contributed by atoms with Crippen molar-refractivity contribution in [2.75, 3.05) is 11.1 Å². The molecule has 3 N–H and O–H groups in total. The summed E-state index contributed by atoms with van der Waals surface area (Å²) >= 11 is 0. The fourth-order valence-electron chi connectivity index (χ4n) is 1.83. The van der Waals surface area contributed by atoms with Gasteiger partial charge in [-0.15, -0.1) is 0 Å². The summed E-state index contributed by atoms with van der Waals surface area (Å²) in [5.74, 6) is 0. The second-order valence-corrected chi connectivity index (χ2v) is 4.11. The number of nitrogens with two attached hydrogens (primary N) is 1. The van der Waals surface area contributed by atoms with Crippen LogP contribution < -0.4 is 11.1 Å². The van der Waals surface area contributed by atoms with Crippen LogP contribution in [0.2, 0.25) is 0 Å². The quantitative estimate of drug-likeness (QED) is 0.784. The molecule has 0 heterocycles. The molecule has 0 saturated carbocycles. The van der Waals surface area contributed by atoms with Gasteiger partial charge in [0.25, 0.3) is 0 Å². The van der Waals surface area contributed by atoms with E-state index in [2.05, 4.69) is 48.6 Å². The van der Waals surface area contributed by atoms with Crippen LogP contribution in [0.4, 0.5) is 11.4 Å². The Morgan fingerprint density at radius 2 is 1.71 bits per heavy atom. The Kier molecular flexibility index (Phi) is 3.66. The Hall–Kier alpha value is -1.96. The molecule has 2 heteroatoms. The summed E-state index contributed by atoms with van der Waals surface area (Å²) in [7, 11) is 0. The molecular weight excluding hydrogens is 208 g/mol. The van der Waals surface area contributed by atoms with Gasteiger partial charge >= 0.3 is 0 Å². The van der Waals surface area contributed by atoms with E-state index < -0.39 is 0 Å². The van der Waals surface area contributed by atoms with E-state index >= 15 is 0 Å². The Morgan fingerprint density at radius 1 is 1.00 bits per heavy atom. The fourth-order valence-corrected chi connectivity index (χ4v) is 1.83. The lowest BCUT2D eigenvalue weighted by atomic mass is 10.1. The van der Waals surface area contributed by atoms with Crippen molar-refractivity contribution in [3.8, 4) is 0 Å². The summed E-state index contributed by atoms with van der Waals surface area (Å²) in [5, 5.41) is 3.46. The van der Waals surface area contributed by atoms with Crippen LogP contribution in [0.5, 0.6) is 0 Å². The molecule has 0 aromatic heterocycles. The van der Waals surface area contributed by atoms with E-state index in [4.69, 9.17) is 5.73 Å². The number of hydrogen-bond acceptors (Lipinski definition) is 2. The lowest BCUT2D eigenvalue weighted by molar-refractivity contribution is 1.09. The molecule has 2 aromatic carbocycles. The summed E-state index contributed by atoms with van der Waals surface area (Å²) in [6.07, 6.45) is 1.05. The summed E-state index contributed by atoms with van der Waals surface area (Å²) < 4.78 is 0. The van der Waals surface area contributed by atoms with Crippen LogP contribution in [0.15, 0.2) is 48.5 Å². The van der Waals surface area contributed by atoms with Crippen LogP contribution in [-0.2, 0) is 13.0 Å². The number of anilines is 2. The van der Waals surface area contributed by atoms with Crippen molar-refractivity contribution >= 4 is 11.4 Å². The van der Waals surface area contributed by atoms with Gasteiger partial charge < -0.3 is 11.1 Å². The average molecular weight is 226 g/mol. The van der Waals surface area contributed by atoms with Crippen molar-refractivity contribution in [3.05, 3.63) is 59.7 Å². The van der Waals surface area contributed by atoms with Crippen LogP contribution >= 0.6 is 0 Å². The van der Waals surface area contributed by atoms with E-state index in [1.54, 1.807) is 0 Å². The predicted molar refractivity (Wildman–Crippen MR) is 74.0 cm³/mol. The molecule has 0 radical (unpaired) electrons. The van der Waals surface area contributed by atoms with Crippen LogP contribution in [0.25, 0.3) is 0 Å². The molecule has 0 unspecified atom stereocenters. The summed E-state index contributed by atoms with van der Waals surface area (Å²) in [6.45, 7) is 3.00. The van der Waals surface area contributed by atoms with E-state index in [-0.39, 0.29) is 0 Å². The number of aryl methyl sites for hydroxylation is 1. The number of benzene rings is 2. The molecule has 0 amide bonds. The highest BCUT2D eigenvalue weighted by Gasteiger charge is 1.99. The third-order valence-electron chi connectivity index (χ3n) is 2.86. The maximum absolute atomic E-state index is 5.66. The highest BCUT2D eigenvalue weighted by Crippen LogP contribution is 2.16. The fraction of sp³-hybridized carbons (Fsp3) is 0.200. The smallest absolute Gasteiger partial charge is 0.0400 e. The largest absolute Gasteiger partial charge is 0.399 e. The van der Waals surface area contributed by atoms with E-state index in [9.17, 15) is 0 Å². The molecule has 2 aromatic rings. The molecule has 2 rings (SSSR count). The van der Waals surface area contributed by atoms with Crippen LogP contribution in [-0.4, -0.2) is 0 Å². The lowest BCUT2D eigenvalue weighted by Crippen LogP contribution is -2.02. The number of nitrogen functional groups attached to an aromatic ring is 1. The molecule has 88 valence electrons. The number of para-hydroxylation sites is 1. The van der Waals surface area contributed by atoms with Crippen LogP contribution in [0, 0.1) is 0 Å². The maximum atomic E-state index is 5.66. The highest BCUT2D eigenvalue weighted by molar-refractivity contribution is 5.51. The summed E-state index contributed by atoms with van der Waals surface area (Å²) in [5.41, 5.74) is 10.3. The van der Waals surface area contributed by atoms with Gasteiger partial charge in [0.1, 0.15) is 0 Å². The first kappa shape index (κ1) is 11.5. The Balaban J connectivity index is 2.04. The molecule has 0 saturated heterocycles. The minimum Gasteiger partial charge on any atom is -0.399 e. The van der Waals surface area contributed by atoms with E-state index in [0.717, 1.165) is 18.7 Å². The molecule has 17 heavy (non-hydrogen) atoms. The third kappa shape index (κ3) is 3.00. The number of nitrogens with one attached hydrogen (secondary N) is 1. The van der Waals surface area contributed by atoms with Crippen molar-refractivity contribution in [2.24, 2.45) is 0 Å². The van der Waals surface area contributed by atoms with Crippen molar-refractivity contribution in [1.29, 1.82) is 0 Å². The van der Waals surface area contributed by atoms with Gasteiger partial charge in [-0.2, -0.15) is 0 Å². The number of rotatable bonds is 4. The van der Waals surface area contributed by atoms with Gasteiger partial charge in [-0.1, -0.05) is 37.3 Å². The zero-order valence-corrected chi connectivity index (χ0v) is 10.1. The lowest BCUT2D eigenvalue weighted by Gasteiger charge is -2.10. The van der Waals surface area contributed by atoms with Crippen molar-refractivity contribution in [2.45, 2.75) is 19.9 Å². The summed E-state index contributed by atoms with van der Waals surface area (Å²) in [4.78, 5) is 0. The zero-order chi connectivity index (χ0) is 12.1. The second kappa shape index (κ2) is 5.39. The maximum Gasteiger partial charge on any atom is 0.0400 e. The first-order valence-corrected chi connectivity index (χ1v) is 5.96. The van der Waals surface area contributed by atoms with Gasteiger partial charge in [0, 0.05) is 17.9 Å². The van der Waals surface area contributed by atoms with Gasteiger partial charge in [0.2, 0.25) is 0 Å². The predicted octanol–water partition coefficient (Wildman–Crippen LogP) is 3.44. The Labute approximate surface area is 102 Å². The van der Waals surface area contributed by atoms with Gasteiger partial charge in [0.15, 0.2) is 0 Å². The standard InChI is InChI=1S/C15H18N2/c1-2-13-5-3-4-6-15(13)17-11-12-7-9-14(16)10-8-12/h3-10,17H,2,11,16H2,1H3. The monoisotopic (exact) mass is 226 g/mol. The third-order valence-corrected chi connectivity index (χ3v) is 2.86. The molecule has 0 bridgehead atoms. The normalized spacial score (nSPS) is 10.2. The van der Waals surface area contributed by atoms with E-state index in [1.165, 1.54) is 16.8 Å². The van der Waals surface area contributed by atoms with Crippen LogP contribution in [0.1, 0.15) is 18.1 Å². The Bertz CT molecular complexity index is 475. The van der Waals surface area contributed by atoms with Gasteiger partial charge in [-0.3, -0.25) is 0 Å². The van der Waals surface area contributed by atoms with E-state index in [1.807, 2.05) is 12.1 Å². The van der Waals surface area contributed by atoms with Gasteiger partial charge in [-0.25, -0.2) is 0 Å². The topological polar surface area (TPSA) is 38.0 Å². The van der Waals surface area contributed by atoms with E-state index in [0.29, 0.717) is 0 Å². The molecule has 0 aliphatic rings. The first-order chi connectivity index (χ1) is 8.29. The Morgan fingerprint density at radius 3 is 2.41 bits per heavy atom. The minimum atomic E-state index is 0.808. The molecule has 0 fully saturated rings.